The minimum Gasteiger partial charge on any atom is -0.483 e. The van der Waals surface area contributed by atoms with Gasteiger partial charge in [0.15, 0.2) is 6.61 Å². The largest absolute Gasteiger partial charge is 0.483 e. The lowest BCUT2D eigenvalue weighted by atomic mass is 10.1. The molecule has 0 aromatic heterocycles. The fraction of sp³-hybridized carbons (Fsp3) is 0.350. The number of nitrogens with zero attached hydrogens (tertiary/aromatic N) is 2. The highest BCUT2D eigenvalue weighted by atomic mass is 32.2. The van der Waals surface area contributed by atoms with E-state index in [-0.39, 0.29) is 43.6 Å². The van der Waals surface area contributed by atoms with Crippen LogP contribution in [0.5, 0.6) is 5.75 Å². The lowest BCUT2D eigenvalue weighted by Gasteiger charge is -2.34. The minimum atomic E-state index is -3.70. The molecule has 28 heavy (non-hydrogen) atoms. The van der Waals surface area contributed by atoms with Gasteiger partial charge >= 0.3 is 0 Å². The van der Waals surface area contributed by atoms with Crippen molar-refractivity contribution in [2.24, 2.45) is 0 Å². The monoisotopic (exact) mass is 406 g/mol. The number of sulfonamides is 1. The molecule has 1 saturated heterocycles. The van der Waals surface area contributed by atoms with Crippen LogP contribution in [-0.4, -0.2) is 56.3 Å². The molecule has 0 saturated carbocycles. The second-order valence-corrected chi connectivity index (χ2v) is 8.66. The van der Waals surface area contributed by atoms with Crippen LogP contribution in [0.1, 0.15) is 11.1 Å². The Morgan fingerprint density at radius 1 is 1.04 bits per heavy atom. The van der Waals surface area contributed by atoms with Gasteiger partial charge in [-0.2, -0.15) is 4.31 Å². The summed E-state index contributed by atoms with van der Waals surface area (Å²) < 4.78 is 45.3. The summed E-state index contributed by atoms with van der Waals surface area (Å²) in [5.41, 5.74) is 2.08. The molecule has 0 aliphatic carbocycles. The Morgan fingerprint density at radius 3 is 2.32 bits per heavy atom. The van der Waals surface area contributed by atoms with Crippen molar-refractivity contribution >= 4 is 15.9 Å². The van der Waals surface area contributed by atoms with Crippen LogP contribution in [-0.2, 0) is 14.8 Å². The zero-order valence-corrected chi connectivity index (χ0v) is 16.7. The Hall–Kier alpha value is -2.45. The summed E-state index contributed by atoms with van der Waals surface area (Å²) in [5.74, 6) is 0.00354. The lowest BCUT2D eigenvalue weighted by Crippen LogP contribution is -2.51. The number of hydrogen-bond acceptors (Lipinski definition) is 4. The number of carbonyl (C=O) groups is 1. The second kappa shape index (κ2) is 8.28. The van der Waals surface area contributed by atoms with Gasteiger partial charge in [0.1, 0.15) is 11.6 Å². The molecule has 0 unspecified atom stereocenters. The highest BCUT2D eigenvalue weighted by molar-refractivity contribution is 7.89. The third kappa shape index (κ3) is 4.34. The van der Waals surface area contributed by atoms with Crippen molar-refractivity contribution < 1.29 is 22.3 Å². The SMILES string of the molecule is Cc1cccc(OCC(=O)N2CCN(S(=O)(=O)c3ccc(F)cc3)CC2)c1C. The summed E-state index contributed by atoms with van der Waals surface area (Å²) in [4.78, 5) is 14.1. The van der Waals surface area contributed by atoms with Crippen molar-refractivity contribution in [1.82, 2.24) is 9.21 Å². The Bertz CT molecular complexity index is 953. The molecule has 1 fully saturated rings. The van der Waals surface area contributed by atoms with Crippen molar-refractivity contribution in [1.29, 1.82) is 0 Å². The fourth-order valence-electron chi connectivity index (χ4n) is 3.04. The summed E-state index contributed by atoms with van der Waals surface area (Å²) in [6.07, 6.45) is 0. The molecule has 150 valence electrons. The van der Waals surface area contributed by atoms with E-state index in [0.717, 1.165) is 23.3 Å². The van der Waals surface area contributed by atoms with Gasteiger partial charge in [-0.15, -0.1) is 0 Å². The minimum absolute atomic E-state index is 0.0481. The molecular formula is C20H23FN2O4S. The molecule has 2 aromatic rings. The predicted octanol–water partition coefficient (Wildman–Crippen LogP) is 2.35. The van der Waals surface area contributed by atoms with E-state index >= 15 is 0 Å². The molecule has 1 heterocycles. The molecule has 0 radical (unpaired) electrons. The number of carbonyl (C=O) groups excluding carboxylic acids is 1. The summed E-state index contributed by atoms with van der Waals surface area (Å²) in [7, 11) is -3.70. The molecule has 1 aliphatic heterocycles. The number of halogens is 1. The normalized spacial score (nSPS) is 15.5. The van der Waals surface area contributed by atoms with Crippen LogP contribution in [0, 0.1) is 19.7 Å². The van der Waals surface area contributed by atoms with Crippen LogP contribution < -0.4 is 4.74 Å². The van der Waals surface area contributed by atoms with Gasteiger partial charge in [0.2, 0.25) is 10.0 Å². The fourth-order valence-corrected chi connectivity index (χ4v) is 4.47. The highest BCUT2D eigenvalue weighted by Crippen LogP contribution is 2.21. The van der Waals surface area contributed by atoms with E-state index in [1.807, 2.05) is 32.0 Å². The molecular weight excluding hydrogens is 383 g/mol. The van der Waals surface area contributed by atoms with E-state index in [4.69, 9.17) is 4.74 Å². The van der Waals surface area contributed by atoms with Crippen LogP contribution >= 0.6 is 0 Å². The molecule has 8 heteroatoms. The van der Waals surface area contributed by atoms with Gasteiger partial charge in [-0.05, 0) is 55.3 Å². The summed E-state index contributed by atoms with van der Waals surface area (Å²) in [6, 6.07) is 10.4. The first-order valence-corrected chi connectivity index (χ1v) is 10.5. The summed E-state index contributed by atoms with van der Waals surface area (Å²) in [6.45, 7) is 4.78. The third-order valence-corrected chi connectivity index (χ3v) is 6.86. The summed E-state index contributed by atoms with van der Waals surface area (Å²) >= 11 is 0. The average molecular weight is 406 g/mol. The van der Waals surface area contributed by atoms with Gasteiger partial charge in [-0.1, -0.05) is 12.1 Å². The van der Waals surface area contributed by atoms with Crippen molar-refractivity contribution in [2.75, 3.05) is 32.8 Å². The van der Waals surface area contributed by atoms with Crippen molar-refractivity contribution in [2.45, 2.75) is 18.7 Å². The van der Waals surface area contributed by atoms with Crippen molar-refractivity contribution in [3.8, 4) is 5.75 Å². The lowest BCUT2D eigenvalue weighted by molar-refractivity contribution is -0.134. The smallest absolute Gasteiger partial charge is 0.260 e. The number of aryl methyl sites for hydroxylation is 1. The van der Waals surface area contributed by atoms with Crippen LogP contribution in [0.4, 0.5) is 4.39 Å². The van der Waals surface area contributed by atoms with E-state index in [1.165, 1.54) is 16.4 Å². The zero-order valence-electron chi connectivity index (χ0n) is 15.9. The Labute approximate surface area is 164 Å². The standard InChI is InChI=1S/C20H23FN2O4S/c1-15-4-3-5-19(16(15)2)27-14-20(24)22-10-12-23(13-11-22)28(25,26)18-8-6-17(21)7-9-18/h3-9H,10-14H2,1-2H3. The van der Waals surface area contributed by atoms with Gasteiger partial charge in [0.25, 0.3) is 5.91 Å². The Morgan fingerprint density at radius 2 is 1.68 bits per heavy atom. The van der Waals surface area contributed by atoms with Crippen LogP contribution in [0.3, 0.4) is 0 Å². The predicted molar refractivity (Wildman–Crippen MR) is 103 cm³/mol. The molecule has 6 nitrogen and oxygen atoms in total. The van der Waals surface area contributed by atoms with Gasteiger partial charge < -0.3 is 9.64 Å². The number of amides is 1. The maximum Gasteiger partial charge on any atom is 0.260 e. The number of ether oxygens (including phenoxy) is 1. The molecule has 0 bridgehead atoms. The average Bonchev–Trinajstić information content (AvgIpc) is 2.69. The molecule has 0 atom stereocenters. The highest BCUT2D eigenvalue weighted by Gasteiger charge is 2.30. The first-order valence-electron chi connectivity index (χ1n) is 9.01. The molecule has 0 spiro atoms. The maximum atomic E-state index is 13.0. The Balaban J connectivity index is 1.56. The number of piperazine rings is 1. The van der Waals surface area contributed by atoms with Gasteiger partial charge in [0, 0.05) is 26.2 Å². The van der Waals surface area contributed by atoms with Gasteiger partial charge in [0.05, 0.1) is 4.90 Å². The first-order chi connectivity index (χ1) is 13.3. The van der Waals surface area contributed by atoms with Crippen LogP contribution in [0.25, 0.3) is 0 Å². The topological polar surface area (TPSA) is 66.9 Å². The molecule has 3 rings (SSSR count). The van der Waals surface area contributed by atoms with E-state index in [2.05, 4.69) is 0 Å². The second-order valence-electron chi connectivity index (χ2n) is 6.73. The van der Waals surface area contributed by atoms with Gasteiger partial charge in [-0.25, -0.2) is 12.8 Å². The van der Waals surface area contributed by atoms with Crippen LogP contribution in [0.15, 0.2) is 47.4 Å². The van der Waals surface area contributed by atoms with Crippen molar-refractivity contribution in [3.63, 3.8) is 0 Å². The number of hydrogen-bond donors (Lipinski definition) is 0. The van der Waals surface area contributed by atoms with E-state index in [9.17, 15) is 17.6 Å². The zero-order chi connectivity index (χ0) is 20.3. The third-order valence-electron chi connectivity index (χ3n) is 4.95. The molecule has 1 aliphatic rings. The molecule has 0 N–H and O–H groups in total. The van der Waals surface area contributed by atoms with E-state index in [1.54, 1.807) is 4.90 Å². The van der Waals surface area contributed by atoms with Crippen molar-refractivity contribution in [3.05, 3.63) is 59.4 Å². The molecule has 1 amide bonds. The number of benzene rings is 2. The van der Waals surface area contributed by atoms with Gasteiger partial charge in [-0.3, -0.25) is 4.79 Å². The molecule has 2 aromatic carbocycles. The maximum absolute atomic E-state index is 13.0. The van der Waals surface area contributed by atoms with Crippen LogP contribution in [0.2, 0.25) is 0 Å². The number of rotatable bonds is 5. The summed E-state index contributed by atoms with van der Waals surface area (Å²) in [5, 5.41) is 0. The first kappa shape index (κ1) is 20.3. The Kier molecular flexibility index (Phi) is 6.00. The van der Waals surface area contributed by atoms with E-state index < -0.39 is 15.8 Å². The van der Waals surface area contributed by atoms with E-state index in [0.29, 0.717) is 5.75 Å². The quantitative estimate of drug-likeness (QED) is 0.765.